The van der Waals surface area contributed by atoms with E-state index in [4.69, 9.17) is 0 Å². The topological polar surface area (TPSA) is 67.2 Å². The van der Waals surface area contributed by atoms with Crippen LogP contribution in [0, 0.1) is 18.8 Å². The van der Waals surface area contributed by atoms with E-state index < -0.39 is 0 Å². The highest BCUT2D eigenvalue weighted by Gasteiger charge is 2.35. The third-order valence-electron chi connectivity index (χ3n) is 5.81. The second-order valence-electron chi connectivity index (χ2n) is 7.82. The smallest absolute Gasteiger partial charge is 0.225 e. The van der Waals surface area contributed by atoms with Crippen LogP contribution in [0.25, 0.3) is 11.0 Å². The number of likely N-dealkylation sites (tertiary alicyclic amines) is 1. The lowest BCUT2D eigenvalue weighted by atomic mass is 9.95. The highest BCUT2D eigenvalue weighted by Crippen LogP contribution is 2.32. The molecule has 1 aromatic heterocycles. The number of benzene rings is 1. The Labute approximate surface area is 159 Å². The van der Waals surface area contributed by atoms with E-state index in [9.17, 15) is 9.59 Å². The van der Waals surface area contributed by atoms with Gasteiger partial charge in [-0.25, -0.2) is 4.98 Å². The lowest BCUT2D eigenvalue weighted by Crippen LogP contribution is -2.43. The van der Waals surface area contributed by atoms with E-state index in [1.165, 1.54) is 0 Å². The molecule has 4 rings (SSSR count). The first-order chi connectivity index (χ1) is 13.1. The first kappa shape index (κ1) is 18.0. The number of nitrogens with zero attached hydrogens (tertiary/aromatic N) is 3. The maximum atomic E-state index is 12.4. The minimum atomic E-state index is 0.0454. The van der Waals surface area contributed by atoms with Crippen molar-refractivity contribution in [3.8, 4) is 0 Å². The maximum absolute atomic E-state index is 12.4. The Morgan fingerprint density at radius 3 is 2.59 bits per heavy atom. The fourth-order valence-corrected chi connectivity index (χ4v) is 4.02. The SMILES string of the molecule is Cc1nc2ccccc2n1CCCNC(=O)C1CCN(C(=O)C2CC2)CC1. The number of fused-ring (bicyclic) bond motifs is 1. The van der Waals surface area contributed by atoms with E-state index >= 15 is 0 Å². The van der Waals surface area contributed by atoms with Crippen LogP contribution in [0.1, 0.15) is 37.9 Å². The second-order valence-corrected chi connectivity index (χ2v) is 7.82. The van der Waals surface area contributed by atoms with Gasteiger partial charge < -0.3 is 14.8 Å². The van der Waals surface area contributed by atoms with Gasteiger partial charge in [-0.3, -0.25) is 9.59 Å². The van der Waals surface area contributed by atoms with Crippen LogP contribution >= 0.6 is 0 Å². The number of piperidine rings is 1. The number of aromatic nitrogens is 2. The Morgan fingerprint density at radius 1 is 1.11 bits per heavy atom. The molecule has 144 valence electrons. The number of carbonyl (C=O) groups excluding carboxylic acids is 2. The zero-order valence-electron chi connectivity index (χ0n) is 16.0. The van der Waals surface area contributed by atoms with E-state index in [0.717, 1.165) is 68.6 Å². The van der Waals surface area contributed by atoms with Gasteiger partial charge in [-0.2, -0.15) is 0 Å². The van der Waals surface area contributed by atoms with Gasteiger partial charge in [-0.15, -0.1) is 0 Å². The van der Waals surface area contributed by atoms with Gasteiger partial charge in [0, 0.05) is 38.0 Å². The lowest BCUT2D eigenvalue weighted by Gasteiger charge is -2.31. The minimum Gasteiger partial charge on any atom is -0.356 e. The Hall–Kier alpha value is -2.37. The van der Waals surface area contributed by atoms with Crippen molar-refractivity contribution < 1.29 is 9.59 Å². The van der Waals surface area contributed by atoms with Crippen LogP contribution in [0.5, 0.6) is 0 Å². The molecule has 1 aliphatic carbocycles. The summed E-state index contributed by atoms with van der Waals surface area (Å²) in [5.41, 5.74) is 2.17. The van der Waals surface area contributed by atoms with Crippen LogP contribution in [0.4, 0.5) is 0 Å². The molecule has 0 radical (unpaired) electrons. The molecule has 6 nitrogen and oxygen atoms in total. The summed E-state index contributed by atoms with van der Waals surface area (Å²) in [7, 11) is 0. The average molecular weight is 368 g/mol. The van der Waals surface area contributed by atoms with Crippen molar-refractivity contribution in [2.75, 3.05) is 19.6 Å². The molecule has 1 N–H and O–H groups in total. The van der Waals surface area contributed by atoms with E-state index in [1.54, 1.807) is 0 Å². The first-order valence-electron chi connectivity index (χ1n) is 10.1. The molecule has 0 unspecified atom stereocenters. The van der Waals surface area contributed by atoms with Crippen LogP contribution in [0.3, 0.4) is 0 Å². The quantitative estimate of drug-likeness (QED) is 0.797. The van der Waals surface area contributed by atoms with Crippen molar-refractivity contribution in [2.45, 2.75) is 45.6 Å². The largest absolute Gasteiger partial charge is 0.356 e. The van der Waals surface area contributed by atoms with Gasteiger partial charge in [-0.1, -0.05) is 12.1 Å². The van der Waals surface area contributed by atoms with Crippen molar-refractivity contribution in [1.29, 1.82) is 0 Å². The minimum absolute atomic E-state index is 0.0454. The summed E-state index contributed by atoms with van der Waals surface area (Å²) in [6.45, 7) is 5.00. The molecule has 1 saturated heterocycles. The lowest BCUT2D eigenvalue weighted by molar-refractivity contribution is -0.136. The van der Waals surface area contributed by atoms with Crippen molar-refractivity contribution in [2.24, 2.45) is 11.8 Å². The number of hydrogen-bond acceptors (Lipinski definition) is 3. The molecule has 0 spiro atoms. The predicted octanol–water partition coefficient (Wildman–Crippen LogP) is 2.50. The van der Waals surface area contributed by atoms with E-state index in [2.05, 4.69) is 20.9 Å². The van der Waals surface area contributed by atoms with E-state index in [-0.39, 0.29) is 17.7 Å². The number of imidazole rings is 1. The van der Waals surface area contributed by atoms with Crippen LogP contribution < -0.4 is 5.32 Å². The average Bonchev–Trinajstić information content (AvgIpc) is 3.49. The van der Waals surface area contributed by atoms with Crippen molar-refractivity contribution in [3.63, 3.8) is 0 Å². The molecular weight excluding hydrogens is 340 g/mol. The normalized spacial score (nSPS) is 18.0. The molecular formula is C21H28N4O2. The van der Waals surface area contributed by atoms with Crippen LogP contribution in [0.15, 0.2) is 24.3 Å². The molecule has 2 aromatic rings. The number of carbonyl (C=O) groups is 2. The molecule has 1 aromatic carbocycles. The number of aryl methyl sites for hydroxylation is 2. The van der Waals surface area contributed by atoms with E-state index in [0.29, 0.717) is 12.5 Å². The summed E-state index contributed by atoms with van der Waals surface area (Å²) in [4.78, 5) is 31.1. The zero-order chi connectivity index (χ0) is 18.8. The summed E-state index contributed by atoms with van der Waals surface area (Å²) < 4.78 is 2.21. The number of para-hydroxylation sites is 2. The van der Waals surface area contributed by atoms with E-state index in [1.807, 2.05) is 30.0 Å². The predicted molar refractivity (Wildman–Crippen MR) is 104 cm³/mol. The number of hydrogen-bond donors (Lipinski definition) is 1. The van der Waals surface area contributed by atoms with Crippen LogP contribution in [-0.4, -0.2) is 45.9 Å². The van der Waals surface area contributed by atoms with Crippen molar-refractivity contribution in [1.82, 2.24) is 19.8 Å². The van der Waals surface area contributed by atoms with Gasteiger partial charge in [-0.05, 0) is 51.2 Å². The van der Waals surface area contributed by atoms with Gasteiger partial charge in [0.05, 0.1) is 11.0 Å². The van der Waals surface area contributed by atoms with Gasteiger partial charge in [0.1, 0.15) is 5.82 Å². The molecule has 6 heteroatoms. The first-order valence-corrected chi connectivity index (χ1v) is 10.1. The molecule has 1 aliphatic heterocycles. The molecule has 2 aliphatic rings. The fraction of sp³-hybridized carbons (Fsp3) is 0.571. The summed E-state index contributed by atoms with van der Waals surface area (Å²) in [6, 6.07) is 8.15. The Balaban J connectivity index is 1.21. The van der Waals surface area contributed by atoms with Gasteiger partial charge in [0.15, 0.2) is 0 Å². The van der Waals surface area contributed by atoms with Crippen LogP contribution in [0.2, 0.25) is 0 Å². The summed E-state index contributed by atoms with van der Waals surface area (Å²) in [5, 5.41) is 3.09. The molecule has 2 amide bonds. The number of amides is 2. The monoisotopic (exact) mass is 368 g/mol. The molecule has 2 fully saturated rings. The molecule has 27 heavy (non-hydrogen) atoms. The zero-order valence-corrected chi connectivity index (χ0v) is 16.0. The maximum Gasteiger partial charge on any atom is 0.225 e. The van der Waals surface area contributed by atoms with Crippen molar-refractivity contribution in [3.05, 3.63) is 30.1 Å². The number of rotatable bonds is 6. The third kappa shape index (κ3) is 3.99. The number of nitrogens with one attached hydrogen (secondary N) is 1. The van der Waals surface area contributed by atoms with Crippen LogP contribution in [-0.2, 0) is 16.1 Å². The Morgan fingerprint density at radius 2 is 1.85 bits per heavy atom. The molecule has 2 heterocycles. The Bertz CT molecular complexity index is 832. The van der Waals surface area contributed by atoms with Gasteiger partial charge >= 0.3 is 0 Å². The molecule has 1 saturated carbocycles. The standard InChI is InChI=1S/C21H28N4O2/c1-15-23-18-5-2-3-6-19(18)25(15)12-4-11-22-20(26)16-9-13-24(14-10-16)21(27)17-7-8-17/h2-3,5-6,16-17H,4,7-14H2,1H3,(H,22,26). The summed E-state index contributed by atoms with van der Waals surface area (Å²) in [6.07, 6.45) is 4.55. The second kappa shape index (κ2) is 7.71. The highest BCUT2D eigenvalue weighted by molar-refractivity contribution is 5.82. The molecule has 0 bridgehead atoms. The molecule has 0 atom stereocenters. The van der Waals surface area contributed by atoms with Gasteiger partial charge in [0.25, 0.3) is 0 Å². The Kier molecular flexibility index (Phi) is 5.14. The van der Waals surface area contributed by atoms with Gasteiger partial charge in [0.2, 0.25) is 11.8 Å². The summed E-state index contributed by atoms with van der Waals surface area (Å²) in [5.74, 6) is 1.77. The van der Waals surface area contributed by atoms with Crippen molar-refractivity contribution >= 4 is 22.8 Å². The fourth-order valence-electron chi connectivity index (χ4n) is 4.02. The third-order valence-corrected chi connectivity index (χ3v) is 5.81. The highest BCUT2D eigenvalue weighted by atomic mass is 16.2. The summed E-state index contributed by atoms with van der Waals surface area (Å²) >= 11 is 0.